The fourth-order valence-corrected chi connectivity index (χ4v) is 7.84. The fourth-order valence-electron chi connectivity index (χ4n) is 7.84. The Hall–Kier alpha value is -6.31. The standard InChI is InChI=1S/C43H27N3O/c44-26-27-23-29(28-17-19-30(20-18-28)45-37-13-5-1-9-32(37)33-10-2-6-14-38(33)45)25-31(24-27)46-39-15-7-3-11-34(39)35-21-22-41-42(43(35)46)36-12-4-8-16-40(36)47-41/h1-20,23-25H,21-22H2. The number of rotatable bonds is 3. The summed E-state index contributed by atoms with van der Waals surface area (Å²) in [5, 5.41) is 15.1. The quantitative estimate of drug-likeness (QED) is 0.202. The van der Waals surface area contributed by atoms with E-state index in [0.717, 1.165) is 63.2 Å². The smallest absolute Gasteiger partial charge is 0.134 e. The molecule has 47 heavy (non-hydrogen) atoms. The number of nitrogens with zero attached hydrogens (tertiary/aromatic N) is 3. The number of fused-ring (bicyclic) bond motifs is 10. The van der Waals surface area contributed by atoms with E-state index in [-0.39, 0.29) is 0 Å². The van der Waals surface area contributed by atoms with Gasteiger partial charge in [0, 0.05) is 44.9 Å². The van der Waals surface area contributed by atoms with E-state index >= 15 is 0 Å². The molecule has 0 saturated carbocycles. The lowest BCUT2D eigenvalue weighted by atomic mass is 9.92. The van der Waals surface area contributed by atoms with Gasteiger partial charge < -0.3 is 13.6 Å². The molecule has 0 aliphatic heterocycles. The maximum absolute atomic E-state index is 10.2. The highest BCUT2D eigenvalue weighted by Crippen LogP contribution is 2.46. The van der Waals surface area contributed by atoms with Crippen LogP contribution in [0.4, 0.5) is 0 Å². The van der Waals surface area contributed by atoms with E-state index in [0.29, 0.717) is 5.56 Å². The Morgan fingerprint density at radius 2 is 1.15 bits per heavy atom. The van der Waals surface area contributed by atoms with Crippen LogP contribution in [0.5, 0.6) is 0 Å². The van der Waals surface area contributed by atoms with Crippen molar-refractivity contribution >= 4 is 43.7 Å². The Morgan fingerprint density at radius 1 is 0.532 bits per heavy atom. The van der Waals surface area contributed by atoms with Gasteiger partial charge in [-0.15, -0.1) is 0 Å². The highest BCUT2D eigenvalue weighted by atomic mass is 16.3. The van der Waals surface area contributed by atoms with Crippen molar-refractivity contribution in [2.24, 2.45) is 0 Å². The van der Waals surface area contributed by atoms with E-state index in [1.165, 1.54) is 38.4 Å². The van der Waals surface area contributed by atoms with E-state index in [9.17, 15) is 5.26 Å². The highest BCUT2D eigenvalue weighted by Gasteiger charge is 2.29. The second-order valence-electron chi connectivity index (χ2n) is 12.4. The lowest BCUT2D eigenvalue weighted by Crippen LogP contribution is -2.05. The molecule has 9 aromatic rings. The normalized spacial score (nSPS) is 12.5. The summed E-state index contributed by atoms with van der Waals surface area (Å²) < 4.78 is 11.1. The number of hydrogen-bond acceptors (Lipinski definition) is 2. The minimum atomic E-state index is 0.628. The van der Waals surface area contributed by atoms with Gasteiger partial charge in [-0.3, -0.25) is 0 Å². The van der Waals surface area contributed by atoms with E-state index in [4.69, 9.17) is 4.42 Å². The molecule has 6 aromatic carbocycles. The van der Waals surface area contributed by atoms with Gasteiger partial charge in [0.1, 0.15) is 11.3 Å². The predicted molar refractivity (Wildman–Crippen MR) is 190 cm³/mol. The minimum Gasteiger partial charge on any atom is -0.460 e. The first-order valence-electron chi connectivity index (χ1n) is 16.0. The molecule has 0 radical (unpaired) electrons. The molecule has 220 valence electrons. The van der Waals surface area contributed by atoms with Crippen LogP contribution in [-0.2, 0) is 12.8 Å². The third kappa shape index (κ3) is 3.75. The van der Waals surface area contributed by atoms with Crippen LogP contribution in [0, 0.1) is 11.3 Å². The maximum atomic E-state index is 10.2. The average Bonchev–Trinajstić information content (AvgIpc) is 3.79. The van der Waals surface area contributed by atoms with Crippen LogP contribution in [0.15, 0.2) is 144 Å². The summed E-state index contributed by atoms with van der Waals surface area (Å²) in [7, 11) is 0. The zero-order valence-electron chi connectivity index (χ0n) is 25.4. The molecule has 4 heteroatoms. The third-order valence-electron chi connectivity index (χ3n) is 9.83. The summed E-state index contributed by atoms with van der Waals surface area (Å²) in [5.74, 6) is 1.03. The number of benzene rings is 6. The van der Waals surface area contributed by atoms with E-state index < -0.39 is 0 Å². The first-order valence-corrected chi connectivity index (χ1v) is 16.0. The van der Waals surface area contributed by atoms with Crippen molar-refractivity contribution in [1.29, 1.82) is 5.26 Å². The Labute approximate surface area is 271 Å². The Kier molecular flexibility index (Phi) is 5.44. The fraction of sp³-hybridized carbons (Fsp3) is 0.0465. The molecule has 0 saturated heterocycles. The highest BCUT2D eigenvalue weighted by molar-refractivity contribution is 6.09. The molecule has 0 spiro atoms. The summed E-state index contributed by atoms with van der Waals surface area (Å²) in [6.45, 7) is 0. The van der Waals surface area contributed by atoms with Crippen molar-refractivity contribution in [2.75, 3.05) is 0 Å². The van der Waals surface area contributed by atoms with Gasteiger partial charge in [0.2, 0.25) is 0 Å². The number of aryl methyl sites for hydroxylation is 2. The van der Waals surface area contributed by atoms with Gasteiger partial charge in [-0.05, 0) is 77.7 Å². The van der Waals surface area contributed by atoms with Gasteiger partial charge in [-0.2, -0.15) is 5.26 Å². The maximum Gasteiger partial charge on any atom is 0.134 e. The summed E-state index contributed by atoms with van der Waals surface area (Å²) in [6, 6.07) is 51.5. The van der Waals surface area contributed by atoms with Gasteiger partial charge >= 0.3 is 0 Å². The van der Waals surface area contributed by atoms with Crippen LogP contribution < -0.4 is 0 Å². The Morgan fingerprint density at radius 3 is 1.85 bits per heavy atom. The minimum absolute atomic E-state index is 0.628. The van der Waals surface area contributed by atoms with Crippen LogP contribution in [0.1, 0.15) is 16.9 Å². The number of para-hydroxylation sites is 4. The van der Waals surface area contributed by atoms with Gasteiger partial charge in [0.15, 0.2) is 0 Å². The van der Waals surface area contributed by atoms with E-state index in [1.54, 1.807) is 0 Å². The molecule has 10 rings (SSSR count). The molecule has 4 nitrogen and oxygen atoms in total. The molecule has 0 N–H and O–H groups in total. The second-order valence-corrected chi connectivity index (χ2v) is 12.4. The van der Waals surface area contributed by atoms with Crippen molar-refractivity contribution in [3.8, 4) is 39.8 Å². The molecular formula is C43H27N3O. The largest absolute Gasteiger partial charge is 0.460 e. The number of nitriles is 1. The molecule has 3 heterocycles. The van der Waals surface area contributed by atoms with Crippen molar-refractivity contribution in [2.45, 2.75) is 12.8 Å². The van der Waals surface area contributed by atoms with Crippen molar-refractivity contribution in [3.05, 3.63) is 156 Å². The molecule has 0 fully saturated rings. The topological polar surface area (TPSA) is 46.8 Å². The molecule has 1 aliphatic carbocycles. The number of aromatic nitrogens is 2. The van der Waals surface area contributed by atoms with Gasteiger partial charge in [-0.25, -0.2) is 0 Å². The summed E-state index contributed by atoms with van der Waals surface area (Å²) in [4.78, 5) is 0. The van der Waals surface area contributed by atoms with Crippen LogP contribution in [0.2, 0.25) is 0 Å². The monoisotopic (exact) mass is 601 g/mol. The third-order valence-corrected chi connectivity index (χ3v) is 9.83. The van der Waals surface area contributed by atoms with Crippen molar-refractivity contribution in [1.82, 2.24) is 9.13 Å². The summed E-state index contributed by atoms with van der Waals surface area (Å²) >= 11 is 0. The number of furan rings is 1. The summed E-state index contributed by atoms with van der Waals surface area (Å²) in [6.07, 6.45) is 1.78. The average molecular weight is 602 g/mol. The van der Waals surface area contributed by atoms with Gasteiger partial charge in [0.05, 0.1) is 33.9 Å². The molecule has 0 atom stereocenters. The molecular weight excluding hydrogens is 574 g/mol. The Bertz CT molecular complexity index is 2690. The van der Waals surface area contributed by atoms with Gasteiger partial charge in [0.25, 0.3) is 0 Å². The molecule has 1 aliphatic rings. The van der Waals surface area contributed by atoms with Crippen LogP contribution >= 0.6 is 0 Å². The summed E-state index contributed by atoms with van der Waals surface area (Å²) in [5.41, 5.74) is 12.9. The zero-order chi connectivity index (χ0) is 31.1. The first-order chi connectivity index (χ1) is 23.3. The number of hydrogen-bond donors (Lipinski definition) is 0. The first kappa shape index (κ1) is 26.0. The molecule has 0 unspecified atom stereocenters. The second kappa shape index (κ2) is 9.84. The lowest BCUT2D eigenvalue weighted by molar-refractivity contribution is 0.545. The molecule has 3 aromatic heterocycles. The lowest BCUT2D eigenvalue weighted by Gasteiger charge is -2.18. The van der Waals surface area contributed by atoms with Crippen LogP contribution in [0.25, 0.3) is 77.4 Å². The van der Waals surface area contributed by atoms with Gasteiger partial charge in [-0.1, -0.05) is 84.9 Å². The van der Waals surface area contributed by atoms with Crippen LogP contribution in [-0.4, -0.2) is 9.13 Å². The van der Waals surface area contributed by atoms with Crippen LogP contribution in [0.3, 0.4) is 0 Å². The molecule has 0 bridgehead atoms. The molecule has 0 amide bonds. The van der Waals surface area contributed by atoms with E-state index in [1.807, 2.05) is 18.2 Å². The SMILES string of the molecule is N#Cc1cc(-c2ccc(-n3c4ccccc4c4ccccc43)cc2)cc(-n2c3c(c4ccccc42)CCc2oc4ccccc4c2-3)c1. The Balaban J connectivity index is 1.16. The zero-order valence-corrected chi connectivity index (χ0v) is 25.4. The van der Waals surface area contributed by atoms with Crippen molar-refractivity contribution in [3.63, 3.8) is 0 Å². The van der Waals surface area contributed by atoms with Crippen molar-refractivity contribution < 1.29 is 4.42 Å². The van der Waals surface area contributed by atoms with E-state index in [2.05, 4.69) is 137 Å². The predicted octanol–water partition coefficient (Wildman–Crippen LogP) is 10.8.